The Morgan fingerprint density at radius 3 is 1.65 bits per heavy atom. The summed E-state index contributed by atoms with van der Waals surface area (Å²) in [5, 5.41) is 3.47. The zero-order chi connectivity index (χ0) is 52.9. The number of rotatable bonds is 6. The van der Waals surface area contributed by atoms with Crippen molar-refractivity contribution in [1.82, 2.24) is 5.32 Å². The smallest absolute Gasteiger partial charge is 0.0388 e. The molecule has 2 unspecified atom stereocenters. The maximum absolute atomic E-state index is 4.31. The highest BCUT2D eigenvalue weighted by molar-refractivity contribution is 5.92. The molecule has 0 saturated heterocycles. The summed E-state index contributed by atoms with van der Waals surface area (Å²) >= 11 is 0. The van der Waals surface area contributed by atoms with Gasteiger partial charge in [0, 0.05) is 28.4 Å². The number of fused-ring (bicyclic) bond motifs is 10. The summed E-state index contributed by atoms with van der Waals surface area (Å²) in [7, 11) is 0. The Morgan fingerprint density at radius 2 is 0.974 bits per heavy atom. The van der Waals surface area contributed by atoms with E-state index in [-0.39, 0.29) is 0 Å². The van der Waals surface area contributed by atoms with E-state index >= 15 is 0 Å². The molecule has 0 aromatic heterocycles. The molecule has 376 valence electrons. The third kappa shape index (κ3) is 9.08. The van der Waals surface area contributed by atoms with Crippen molar-refractivity contribution < 1.29 is 0 Å². The van der Waals surface area contributed by atoms with Crippen LogP contribution in [-0.4, -0.2) is 0 Å². The molecule has 1 N–H and O–H groups in total. The van der Waals surface area contributed by atoms with E-state index in [0.29, 0.717) is 11.8 Å². The Morgan fingerprint density at radius 1 is 0.468 bits per heavy atom. The van der Waals surface area contributed by atoms with E-state index in [1.807, 2.05) is 13.8 Å². The summed E-state index contributed by atoms with van der Waals surface area (Å²) in [6, 6.07) is 68.3. The highest BCUT2D eigenvalue weighted by Gasteiger charge is 2.26. The summed E-state index contributed by atoms with van der Waals surface area (Å²) in [6.45, 7) is 19.3. The number of hydrogen-bond donors (Lipinski definition) is 1. The number of aryl methyl sites for hydroxylation is 2. The Hall–Kier alpha value is -8.52. The Labute approximate surface area is 457 Å². The van der Waals surface area contributed by atoms with Crippen molar-refractivity contribution in [2.75, 3.05) is 0 Å². The van der Waals surface area contributed by atoms with E-state index in [0.717, 1.165) is 36.2 Å². The van der Waals surface area contributed by atoms with Crippen LogP contribution < -0.4 is 5.32 Å². The van der Waals surface area contributed by atoms with Crippen LogP contribution in [0.5, 0.6) is 0 Å². The average Bonchev–Trinajstić information content (AvgIpc) is 4.23. The lowest BCUT2D eigenvalue weighted by atomic mass is 9.78. The van der Waals surface area contributed by atoms with Crippen LogP contribution in [-0.2, 0) is 19.3 Å². The second-order valence-electron chi connectivity index (χ2n) is 21.5. The van der Waals surface area contributed by atoms with Crippen molar-refractivity contribution >= 4 is 16.8 Å². The van der Waals surface area contributed by atoms with Gasteiger partial charge in [0.25, 0.3) is 0 Å². The minimum Gasteiger partial charge on any atom is -0.359 e. The number of allylic oxidation sites excluding steroid dienone is 8. The van der Waals surface area contributed by atoms with Gasteiger partial charge < -0.3 is 5.32 Å². The second-order valence-corrected chi connectivity index (χ2v) is 21.5. The molecule has 1 aliphatic heterocycles. The molecule has 1 heterocycles. The molecule has 9 aromatic carbocycles. The van der Waals surface area contributed by atoms with Gasteiger partial charge in [0.2, 0.25) is 0 Å². The van der Waals surface area contributed by atoms with Crippen molar-refractivity contribution in [3.8, 4) is 66.8 Å². The van der Waals surface area contributed by atoms with Gasteiger partial charge in [-0.15, -0.1) is 0 Å². The van der Waals surface area contributed by atoms with E-state index in [4.69, 9.17) is 0 Å². The largest absolute Gasteiger partial charge is 0.359 e. The molecule has 2 atom stereocenters. The van der Waals surface area contributed by atoms with Gasteiger partial charge in [-0.05, 0) is 205 Å². The van der Waals surface area contributed by atoms with Crippen molar-refractivity contribution in [1.29, 1.82) is 0 Å². The molecule has 0 amide bonds. The lowest BCUT2D eigenvalue weighted by molar-refractivity contribution is 0.634. The van der Waals surface area contributed by atoms with Crippen LogP contribution in [0.4, 0.5) is 0 Å². The van der Waals surface area contributed by atoms with E-state index in [1.165, 1.54) is 139 Å². The highest BCUT2D eigenvalue weighted by Crippen LogP contribution is 2.46. The fraction of sp³-hybridized carbons (Fsp3) is 0.158. The topological polar surface area (TPSA) is 12.0 Å². The maximum atomic E-state index is 4.31. The summed E-state index contributed by atoms with van der Waals surface area (Å²) in [5.74, 6) is 0.696. The monoisotopic (exact) mass is 994 g/mol. The zero-order valence-corrected chi connectivity index (χ0v) is 45.7. The maximum Gasteiger partial charge on any atom is 0.0388 e. The number of hydrogen-bond acceptors (Lipinski definition) is 1. The van der Waals surface area contributed by atoms with Gasteiger partial charge in [0.05, 0.1) is 0 Å². The molecule has 0 spiro atoms. The fourth-order valence-electron chi connectivity index (χ4n) is 12.7. The first kappa shape index (κ1) is 49.4. The zero-order valence-electron chi connectivity index (χ0n) is 45.7. The Bertz CT molecular complexity index is 3960. The predicted molar refractivity (Wildman–Crippen MR) is 330 cm³/mol. The van der Waals surface area contributed by atoms with Crippen molar-refractivity contribution in [3.63, 3.8) is 0 Å². The molecular weight excluding hydrogens is 927 g/mol. The fourth-order valence-corrected chi connectivity index (χ4v) is 12.7. The van der Waals surface area contributed by atoms with Crippen LogP contribution >= 0.6 is 0 Å². The third-order valence-corrected chi connectivity index (χ3v) is 16.8. The molecule has 5 aliphatic rings. The molecule has 1 heteroatoms. The quantitative estimate of drug-likeness (QED) is 0.175. The van der Waals surface area contributed by atoms with Gasteiger partial charge in [0.1, 0.15) is 0 Å². The lowest BCUT2D eigenvalue weighted by Crippen LogP contribution is -2.16. The summed E-state index contributed by atoms with van der Waals surface area (Å²) in [4.78, 5) is 0. The average molecular weight is 994 g/mol. The van der Waals surface area contributed by atoms with Gasteiger partial charge in [-0.1, -0.05) is 221 Å². The molecule has 4 aliphatic carbocycles. The van der Waals surface area contributed by atoms with Gasteiger partial charge in [0.15, 0.2) is 0 Å². The van der Waals surface area contributed by atoms with Crippen LogP contribution in [0.25, 0.3) is 83.6 Å². The minimum atomic E-state index is 0.294. The van der Waals surface area contributed by atoms with Gasteiger partial charge in [-0.2, -0.15) is 0 Å². The Balaban J connectivity index is 0.000000225. The first-order valence-electron chi connectivity index (χ1n) is 27.9. The molecule has 0 bridgehead atoms. The lowest BCUT2D eigenvalue weighted by Gasteiger charge is -2.26. The predicted octanol–water partition coefficient (Wildman–Crippen LogP) is 20.0. The molecule has 14 rings (SSSR count). The first-order chi connectivity index (χ1) is 37.6. The van der Waals surface area contributed by atoms with Gasteiger partial charge >= 0.3 is 0 Å². The molecule has 0 saturated carbocycles. The van der Waals surface area contributed by atoms with E-state index in [9.17, 15) is 0 Å². The summed E-state index contributed by atoms with van der Waals surface area (Å²) in [6.07, 6.45) is 14.6. The summed E-state index contributed by atoms with van der Waals surface area (Å²) < 4.78 is 0. The molecule has 9 aromatic rings. The van der Waals surface area contributed by atoms with Crippen LogP contribution in [0.1, 0.15) is 107 Å². The van der Waals surface area contributed by atoms with Crippen LogP contribution in [0.15, 0.2) is 225 Å². The SMILES string of the molecule is C=C1NC(C)=C(/C=C\C)c2cc(-c3ccc4c(c3)-c3cc(C5=CC(c6cc(-c7ccc8c(c7)-c7ccccc7C8)ccc6C)C(C)C=C5)ccc3C4)ccc21.CC.Cc1ccc(-c2cccc3c2Cc2ccccc2-3)cc1. The van der Waals surface area contributed by atoms with E-state index < -0.39 is 0 Å². The minimum absolute atomic E-state index is 0.294. The number of benzene rings is 9. The molecule has 0 fully saturated rings. The molecular formula is C76H67N. The van der Waals surface area contributed by atoms with E-state index in [1.54, 1.807) is 0 Å². The summed E-state index contributed by atoms with van der Waals surface area (Å²) in [5.41, 5.74) is 37.0. The Kier molecular flexibility index (Phi) is 13.2. The molecule has 77 heavy (non-hydrogen) atoms. The third-order valence-electron chi connectivity index (χ3n) is 16.8. The van der Waals surface area contributed by atoms with Crippen molar-refractivity contribution in [3.05, 3.63) is 291 Å². The molecule has 0 radical (unpaired) electrons. The first-order valence-corrected chi connectivity index (χ1v) is 27.9. The van der Waals surface area contributed by atoms with Crippen molar-refractivity contribution in [2.24, 2.45) is 5.92 Å². The number of nitrogens with one attached hydrogen (secondary N) is 1. The van der Waals surface area contributed by atoms with Crippen LogP contribution in [0.2, 0.25) is 0 Å². The normalized spacial score (nSPS) is 15.9. The van der Waals surface area contributed by atoms with Gasteiger partial charge in [-0.3, -0.25) is 0 Å². The molecule has 1 nitrogen and oxygen atoms in total. The highest BCUT2D eigenvalue weighted by atomic mass is 14.9. The van der Waals surface area contributed by atoms with Crippen molar-refractivity contribution in [2.45, 2.75) is 73.6 Å². The van der Waals surface area contributed by atoms with E-state index in [2.05, 4.69) is 259 Å². The van der Waals surface area contributed by atoms with Crippen LogP contribution in [0, 0.1) is 19.8 Å². The second kappa shape index (κ2) is 20.5. The van der Waals surface area contributed by atoms with Gasteiger partial charge in [-0.25, -0.2) is 0 Å². The standard InChI is InChI=1S/C54H45N.C20H16.C2H6/c1-6-9-46-34(4)55-35(5)47-23-22-41(31-54(46)47)40-18-21-45-25-44-20-17-39(29-52(44)53(45)30-40)37-15-13-33(3)50(27-37)49-26-36(14-12-32(49)2)38-16-19-43-24-42-10-7-8-11-48(42)51(43)28-38;1-14-9-11-15(12-10-14)17-7-4-8-19-18-6-3-2-5-16(18)13-20(17)19;1-2/h6-23,26-31,33,50,55H,5,24-25H2,1-4H3;2-12H,13H2,1H3;1-2H3/b9-6-;;. The van der Waals surface area contributed by atoms with Crippen LogP contribution in [0.3, 0.4) is 0 Å².